The van der Waals surface area contributed by atoms with Crippen molar-refractivity contribution in [3.8, 4) is 11.5 Å². The minimum atomic E-state index is 0.877. The van der Waals surface area contributed by atoms with E-state index in [9.17, 15) is 0 Å². The standard InChI is InChI=1S/C28H17NO/c1-3-10-25-23(8-1)29(24-9-2-4-11-26(24)30-25)22-17-15-20-13-12-18-6-5-7-19-14-16-21(22)28(20)27(18)19/h1-17H. The van der Waals surface area contributed by atoms with Crippen molar-refractivity contribution in [2.75, 3.05) is 4.90 Å². The average Bonchev–Trinajstić information content (AvgIpc) is 2.81. The van der Waals surface area contributed by atoms with E-state index >= 15 is 0 Å². The highest BCUT2D eigenvalue weighted by Gasteiger charge is 2.26. The van der Waals surface area contributed by atoms with Gasteiger partial charge in [0.25, 0.3) is 0 Å². The van der Waals surface area contributed by atoms with Gasteiger partial charge in [0.05, 0.1) is 17.1 Å². The van der Waals surface area contributed by atoms with E-state index in [1.54, 1.807) is 0 Å². The Balaban J connectivity index is 1.62. The molecule has 0 radical (unpaired) electrons. The summed E-state index contributed by atoms with van der Waals surface area (Å²) in [4.78, 5) is 2.33. The van der Waals surface area contributed by atoms with E-state index in [0.717, 1.165) is 22.9 Å². The van der Waals surface area contributed by atoms with Crippen LogP contribution in [0.15, 0.2) is 103 Å². The van der Waals surface area contributed by atoms with Crippen LogP contribution in [0.25, 0.3) is 32.3 Å². The van der Waals surface area contributed by atoms with E-state index in [1.165, 1.54) is 38.0 Å². The van der Waals surface area contributed by atoms with Crippen LogP contribution in [0, 0.1) is 0 Å². The summed E-state index contributed by atoms with van der Waals surface area (Å²) in [5, 5.41) is 7.75. The van der Waals surface area contributed by atoms with Gasteiger partial charge in [0.15, 0.2) is 11.5 Å². The Morgan fingerprint density at radius 1 is 0.433 bits per heavy atom. The minimum Gasteiger partial charge on any atom is -0.453 e. The van der Waals surface area contributed by atoms with Crippen molar-refractivity contribution >= 4 is 49.4 Å². The fraction of sp³-hybridized carbons (Fsp3) is 0. The monoisotopic (exact) mass is 383 g/mol. The van der Waals surface area contributed by atoms with Crippen LogP contribution in [-0.2, 0) is 0 Å². The number of hydrogen-bond acceptors (Lipinski definition) is 2. The molecule has 0 spiro atoms. The molecule has 2 nitrogen and oxygen atoms in total. The molecule has 0 N–H and O–H groups in total. The van der Waals surface area contributed by atoms with Crippen molar-refractivity contribution in [1.82, 2.24) is 0 Å². The molecular weight excluding hydrogens is 366 g/mol. The fourth-order valence-corrected chi connectivity index (χ4v) is 4.88. The fourth-order valence-electron chi connectivity index (χ4n) is 4.88. The summed E-state index contributed by atoms with van der Waals surface area (Å²) in [5.41, 5.74) is 3.29. The first-order valence-corrected chi connectivity index (χ1v) is 10.2. The number of ether oxygens (including phenoxy) is 1. The molecule has 7 rings (SSSR count). The number of rotatable bonds is 1. The zero-order valence-corrected chi connectivity index (χ0v) is 16.2. The van der Waals surface area contributed by atoms with E-state index in [0.29, 0.717) is 0 Å². The smallest absolute Gasteiger partial charge is 0.151 e. The van der Waals surface area contributed by atoms with Gasteiger partial charge in [0.2, 0.25) is 0 Å². The lowest BCUT2D eigenvalue weighted by atomic mass is 9.93. The van der Waals surface area contributed by atoms with Crippen molar-refractivity contribution in [2.45, 2.75) is 0 Å². The van der Waals surface area contributed by atoms with Gasteiger partial charge in [-0.1, -0.05) is 72.8 Å². The Labute approximate surface area is 173 Å². The number of nitrogens with zero attached hydrogens (tertiary/aromatic N) is 1. The highest BCUT2D eigenvalue weighted by atomic mass is 16.5. The molecule has 6 aromatic rings. The second-order valence-electron chi connectivity index (χ2n) is 7.81. The third kappa shape index (κ3) is 2.03. The first-order chi connectivity index (χ1) is 14.9. The van der Waals surface area contributed by atoms with Gasteiger partial charge < -0.3 is 9.64 Å². The van der Waals surface area contributed by atoms with Gasteiger partial charge in [-0.25, -0.2) is 0 Å². The summed E-state index contributed by atoms with van der Waals surface area (Å²) in [6.45, 7) is 0. The predicted octanol–water partition coefficient (Wildman–Crippen LogP) is 8.16. The summed E-state index contributed by atoms with van der Waals surface area (Å²) in [5.74, 6) is 1.75. The number of para-hydroxylation sites is 4. The lowest BCUT2D eigenvalue weighted by molar-refractivity contribution is 0.477. The maximum absolute atomic E-state index is 6.21. The van der Waals surface area contributed by atoms with E-state index in [4.69, 9.17) is 4.74 Å². The molecule has 0 unspecified atom stereocenters. The van der Waals surface area contributed by atoms with E-state index in [1.807, 2.05) is 24.3 Å². The van der Waals surface area contributed by atoms with Gasteiger partial charge in [-0.05, 0) is 57.3 Å². The summed E-state index contributed by atoms with van der Waals surface area (Å²) >= 11 is 0. The van der Waals surface area contributed by atoms with Crippen LogP contribution in [0.1, 0.15) is 0 Å². The number of benzene rings is 6. The SMILES string of the molecule is c1ccc2c(c1)Oc1ccccc1N2c1ccc2ccc3cccc4ccc1c2c34. The Hall–Kier alpha value is -4.04. The van der Waals surface area contributed by atoms with Crippen molar-refractivity contribution in [3.05, 3.63) is 103 Å². The van der Waals surface area contributed by atoms with Crippen LogP contribution in [-0.4, -0.2) is 0 Å². The predicted molar refractivity (Wildman–Crippen MR) is 125 cm³/mol. The van der Waals surface area contributed by atoms with Gasteiger partial charge in [-0.2, -0.15) is 0 Å². The van der Waals surface area contributed by atoms with Crippen LogP contribution in [0.2, 0.25) is 0 Å². The van der Waals surface area contributed by atoms with Crippen molar-refractivity contribution < 1.29 is 4.74 Å². The Kier molecular flexibility index (Phi) is 3.03. The molecule has 1 aliphatic rings. The zero-order chi connectivity index (χ0) is 19.7. The molecule has 0 atom stereocenters. The molecule has 1 aliphatic heterocycles. The van der Waals surface area contributed by atoms with Crippen LogP contribution in [0.4, 0.5) is 17.1 Å². The molecular formula is C28H17NO. The molecule has 2 heteroatoms. The topological polar surface area (TPSA) is 12.5 Å². The maximum Gasteiger partial charge on any atom is 0.151 e. The molecule has 0 aliphatic carbocycles. The largest absolute Gasteiger partial charge is 0.453 e. The Morgan fingerprint density at radius 3 is 1.70 bits per heavy atom. The molecule has 1 heterocycles. The van der Waals surface area contributed by atoms with Crippen molar-refractivity contribution in [1.29, 1.82) is 0 Å². The molecule has 0 bridgehead atoms. The lowest BCUT2D eigenvalue weighted by Crippen LogP contribution is -2.16. The Morgan fingerprint density at radius 2 is 1.00 bits per heavy atom. The van der Waals surface area contributed by atoms with E-state index < -0.39 is 0 Å². The first kappa shape index (κ1) is 15.8. The van der Waals surface area contributed by atoms with Gasteiger partial charge in [0.1, 0.15) is 0 Å². The molecule has 0 aromatic heterocycles. The summed E-state index contributed by atoms with van der Waals surface area (Å²) in [7, 11) is 0. The van der Waals surface area contributed by atoms with E-state index in [-0.39, 0.29) is 0 Å². The highest BCUT2D eigenvalue weighted by Crippen LogP contribution is 2.52. The van der Waals surface area contributed by atoms with Gasteiger partial charge in [-0.15, -0.1) is 0 Å². The average molecular weight is 383 g/mol. The molecule has 0 saturated heterocycles. The molecule has 30 heavy (non-hydrogen) atoms. The highest BCUT2D eigenvalue weighted by molar-refractivity contribution is 6.25. The van der Waals surface area contributed by atoms with Crippen LogP contribution in [0.5, 0.6) is 11.5 Å². The normalized spacial score (nSPS) is 12.9. The van der Waals surface area contributed by atoms with Gasteiger partial charge in [-0.3, -0.25) is 0 Å². The molecule has 6 aromatic carbocycles. The minimum absolute atomic E-state index is 0.877. The number of fused-ring (bicyclic) bond motifs is 2. The molecule has 0 amide bonds. The first-order valence-electron chi connectivity index (χ1n) is 10.2. The molecule has 0 fully saturated rings. The van der Waals surface area contributed by atoms with Crippen LogP contribution in [0.3, 0.4) is 0 Å². The third-order valence-corrected chi connectivity index (χ3v) is 6.18. The molecule has 140 valence electrons. The summed E-state index contributed by atoms with van der Waals surface area (Å²) < 4.78 is 6.21. The van der Waals surface area contributed by atoms with Gasteiger partial charge >= 0.3 is 0 Å². The van der Waals surface area contributed by atoms with Crippen molar-refractivity contribution in [3.63, 3.8) is 0 Å². The maximum atomic E-state index is 6.21. The summed E-state index contributed by atoms with van der Waals surface area (Å²) in [6.07, 6.45) is 0. The van der Waals surface area contributed by atoms with Crippen molar-refractivity contribution in [2.24, 2.45) is 0 Å². The second kappa shape index (κ2) is 5.74. The zero-order valence-electron chi connectivity index (χ0n) is 16.2. The quantitative estimate of drug-likeness (QED) is 0.265. The second-order valence-corrected chi connectivity index (χ2v) is 7.81. The van der Waals surface area contributed by atoms with E-state index in [2.05, 4.69) is 83.8 Å². The molecule has 0 saturated carbocycles. The van der Waals surface area contributed by atoms with Gasteiger partial charge in [0, 0.05) is 5.39 Å². The summed E-state index contributed by atoms with van der Waals surface area (Å²) in [6, 6.07) is 36.5. The van der Waals surface area contributed by atoms with Crippen LogP contribution >= 0.6 is 0 Å². The number of anilines is 3. The number of hydrogen-bond donors (Lipinski definition) is 0. The third-order valence-electron chi connectivity index (χ3n) is 6.18. The Bertz CT molecular complexity index is 1520. The van der Waals surface area contributed by atoms with Crippen LogP contribution < -0.4 is 9.64 Å². The lowest BCUT2D eigenvalue weighted by Gasteiger charge is -2.33.